The van der Waals surface area contributed by atoms with Crippen LogP contribution in [0.5, 0.6) is 5.75 Å². The number of ether oxygens (including phenoxy) is 2. The minimum absolute atomic E-state index is 0.0973. The minimum atomic E-state index is -0.520. The van der Waals surface area contributed by atoms with Crippen molar-refractivity contribution in [3.63, 3.8) is 0 Å². The average molecular weight is 242 g/mol. The quantitative estimate of drug-likeness (QED) is 0.764. The predicted octanol–water partition coefficient (Wildman–Crippen LogP) is 1.30. The zero-order valence-electron chi connectivity index (χ0n) is 9.61. The highest BCUT2D eigenvalue weighted by Gasteiger charge is 2.09. The van der Waals surface area contributed by atoms with Crippen molar-refractivity contribution >= 4 is 5.97 Å². The Morgan fingerprint density at radius 1 is 1.47 bits per heavy atom. The lowest BCUT2D eigenvalue weighted by Gasteiger charge is -2.07. The summed E-state index contributed by atoms with van der Waals surface area (Å²) in [6.07, 6.45) is -0.0973. The molecule has 0 bridgehead atoms. The Labute approximate surface area is 99.0 Å². The zero-order valence-corrected chi connectivity index (χ0v) is 9.61. The van der Waals surface area contributed by atoms with Gasteiger partial charge in [-0.1, -0.05) is 6.07 Å². The van der Waals surface area contributed by atoms with Gasteiger partial charge in [0.2, 0.25) is 0 Å². The summed E-state index contributed by atoms with van der Waals surface area (Å²) in [5.74, 6) is -0.659. The lowest BCUT2D eigenvalue weighted by atomic mass is 10.1. The fourth-order valence-electron chi connectivity index (χ4n) is 1.29. The van der Waals surface area contributed by atoms with Crippen molar-refractivity contribution in [1.29, 1.82) is 0 Å². The van der Waals surface area contributed by atoms with Crippen LogP contribution in [0, 0.1) is 5.82 Å². The van der Waals surface area contributed by atoms with Gasteiger partial charge in [-0.2, -0.15) is 0 Å². The SMILES string of the molecule is CCOC(=O)Cc1ccc(OCCO)cc1F. The second-order valence-corrected chi connectivity index (χ2v) is 3.31. The van der Waals surface area contributed by atoms with Crippen molar-refractivity contribution in [2.75, 3.05) is 19.8 Å². The van der Waals surface area contributed by atoms with Crippen molar-refractivity contribution in [3.8, 4) is 5.75 Å². The summed E-state index contributed by atoms with van der Waals surface area (Å²) in [4.78, 5) is 11.2. The maximum absolute atomic E-state index is 13.5. The number of esters is 1. The normalized spacial score (nSPS) is 10.1. The number of benzene rings is 1. The fourth-order valence-corrected chi connectivity index (χ4v) is 1.29. The summed E-state index contributed by atoms with van der Waals surface area (Å²) in [6, 6.07) is 4.20. The van der Waals surface area contributed by atoms with E-state index in [1.807, 2.05) is 0 Å². The third-order valence-corrected chi connectivity index (χ3v) is 2.02. The molecular weight excluding hydrogens is 227 g/mol. The first kappa shape index (κ1) is 13.4. The van der Waals surface area contributed by atoms with Crippen LogP contribution >= 0.6 is 0 Å². The summed E-state index contributed by atoms with van der Waals surface area (Å²) in [7, 11) is 0. The number of aliphatic hydroxyl groups is 1. The molecule has 94 valence electrons. The van der Waals surface area contributed by atoms with Crippen LogP contribution in [-0.2, 0) is 16.0 Å². The van der Waals surface area contributed by atoms with E-state index in [0.717, 1.165) is 0 Å². The molecule has 17 heavy (non-hydrogen) atoms. The molecule has 0 saturated carbocycles. The van der Waals surface area contributed by atoms with E-state index in [1.165, 1.54) is 12.1 Å². The molecule has 5 heteroatoms. The highest BCUT2D eigenvalue weighted by molar-refractivity contribution is 5.72. The van der Waals surface area contributed by atoms with Crippen LogP contribution in [0.2, 0.25) is 0 Å². The molecule has 0 atom stereocenters. The summed E-state index contributed by atoms with van der Waals surface area (Å²) < 4.78 is 23.3. The van der Waals surface area contributed by atoms with Gasteiger partial charge in [-0.05, 0) is 18.6 Å². The number of carbonyl (C=O) groups excluding carboxylic acids is 1. The van der Waals surface area contributed by atoms with Crippen molar-refractivity contribution in [2.24, 2.45) is 0 Å². The summed E-state index contributed by atoms with van der Waals surface area (Å²) in [5.41, 5.74) is 0.264. The molecule has 0 amide bonds. The zero-order chi connectivity index (χ0) is 12.7. The topological polar surface area (TPSA) is 55.8 Å². The van der Waals surface area contributed by atoms with E-state index in [1.54, 1.807) is 13.0 Å². The molecular formula is C12H15FO4. The van der Waals surface area contributed by atoms with Gasteiger partial charge in [0.1, 0.15) is 18.2 Å². The molecule has 0 aliphatic carbocycles. The van der Waals surface area contributed by atoms with Gasteiger partial charge in [0, 0.05) is 6.07 Å². The van der Waals surface area contributed by atoms with E-state index >= 15 is 0 Å². The Hall–Kier alpha value is -1.62. The molecule has 0 aliphatic heterocycles. The molecule has 0 radical (unpaired) electrons. The molecule has 0 heterocycles. The van der Waals surface area contributed by atoms with Crippen molar-refractivity contribution in [1.82, 2.24) is 0 Å². The van der Waals surface area contributed by atoms with E-state index in [4.69, 9.17) is 14.6 Å². The third-order valence-electron chi connectivity index (χ3n) is 2.02. The van der Waals surface area contributed by atoms with Crippen LogP contribution in [0.25, 0.3) is 0 Å². The fraction of sp³-hybridized carbons (Fsp3) is 0.417. The number of hydrogen-bond acceptors (Lipinski definition) is 4. The van der Waals surface area contributed by atoms with Crippen LogP contribution < -0.4 is 4.74 Å². The molecule has 0 aliphatic rings. The highest BCUT2D eigenvalue weighted by Crippen LogP contribution is 2.17. The standard InChI is InChI=1S/C12H15FO4/c1-2-16-12(15)7-9-3-4-10(8-11(9)13)17-6-5-14/h3-4,8,14H,2,5-7H2,1H3. The minimum Gasteiger partial charge on any atom is -0.491 e. The molecule has 1 N–H and O–H groups in total. The van der Waals surface area contributed by atoms with Crippen LogP contribution in [0.4, 0.5) is 4.39 Å². The van der Waals surface area contributed by atoms with Gasteiger partial charge in [0.05, 0.1) is 19.6 Å². The second-order valence-electron chi connectivity index (χ2n) is 3.31. The Morgan fingerprint density at radius 3 is 2.82 bits per heavy atom. The van der Waals surface area contributed by atoms with Crippen molar-refractivity contribution in [2.45, 2.75) is 13.3 Å². The van der Waals surface area contributed by atoms with Gasteiger partial charge < -0.3 is 14.6 Å². The van der Waals surface area contributed by atoms with E-state index < -0.39 is 11.8 Å². The van der Waals surface area contributed by atoms with E-state index in [-0.39, 0.29) is 31.8 Å². The summed E-state index contributed by atoms with van der Waals surface area (Å²) in [5, 5.41) is 8.55. The Bertz CT molecular complexity index is 379. The van der Waals surface area contributed by atoms with Gasteiger partial charge in [-0.25, -0.2) is 4.39 Å². The van der Waals surface area contributed by atoms with Crippen LogP contribution in [0.1, 0.15) is 12.5 Å². The summed E-state index contributed by atoms with van der Waals surface area (Å²) in [6.45, 7) is 1.95. The first-order valence-corrected chi connectivity index (χ1v) is 5.35. The maximum Gasteiger partial charge on any atom is 0.310 e. The van der Waals surface area contributed by atoms with E-state index in [9.17, 15) is 9.18 Å². The lowest BCUT2D eigenvalue weighted by molar-refractivity contribution is -0.142. The van der Waals surface area contributed by atoms with Gasteiger partial charge in [-0.15, -0.1) is 0 Å². The van der Waals surface area contributed by atoms with Crippen LogP contribution in [-0.4, -0.2) is 30.9 Å². The Balaban J connectivity index is 2.65. The van der Waals surface area contributed by atoms with E-state index in [0.29, 0.717) is 5.75 Å². The Morgan fingerprint density at radius 2 is 2.24 bits per heavy atom. The Kier molecular flexibility index (Phi) is 5.42. The largest absolute Gasteiger partial charge is 0.491 e. The van der Waals surface area contributed by atoms with Gasteiger partial charge in [0.25, 0.3) is 0 Å². The number of hydrogen-bond donors (Lipinski definition) is 1. The highest BCUT2D eigenvalue weighted by atomic mass is 19.1. The average Bonchev–Trinajstić information content (AvgIpc) is 2.30. The first-order chi connectivity index (χ1) is 8.17. The van der Waals surface area contributed by atoms with Gasteiger partial charge in [0.15, 0.2) is 0 Å². The molecule has 0 spiro atoms. The molecule has 1 aromatic carbocycles. The third kappa shape index (κ3) is 4.40. The molecule has 1 aromatic rings. The van der Waals surface area contributed by atoms with Crippen molar-refractivity contribution < 1.29 is 23.8 Å². The maximum atomic E-state index is 13.5. The van der Waals surface area contributed by atoms with Gasteiger partial charge >= 0.3 is 5.97 Å². The number of aliphatic hydroxyl groups excluding tert-OH is 1. The molecule has 0 saturated heterocycles. The van der Waals surface area contributed by atoms with Crippen LogP contribution in [0.3, 0.4) is 0 Å². The second kappa shape index (κ2) is 6.85. The lowest BCUT2D eigenvalue weighted by Crippen LogP contribution is -2.09. The monoisotopic (exact) mass is 242 g/mol. The smallest absolute Gasteiger partial charge is 0.310 e. The predicted molar refractivity (Wildman–Crippen MR) is 59.3 cm³/mol. The first-order valence-electron chi connectivity index (χ1n) is 5.35. The number of rotatable bonds is 6. The summed E-state index contributed by atoms with van der Waals surface area (Å²) >= 11 is 0. The molecule has 0 unspecified atom stereocenters. The molecule has 0 fully saturated rings. The number of halogens is 1. The number of carbonyl (C=O) groups is 1. The molecule has 1 rings (SSSR count). The van der Waals surface area contributed by atoms with Crippen LogP contribution in [0.15, 0.2) is 18.2 Å². The molecule has 4 nitrogen and oxygen atoms in total. The van der Waals surface area contributed by atoms with E-state index in [2.05, 4.69) is 0 Å². The van der Waals surface area contributed by atoms with Gasteiger partial charge in [-0.3, -0.25) is 4.79 Å². The molecule has 0 aromatic heterocycles. The van der Waals surface area contributed by atoms with Crippen molar-refractivity contribution in [3.05, 3.63) is 29.6 Å².